The lowest BCUT2D eigenvalue weighted by Crippen LogP contribution is -2.08. The van der Waals surface area contributed by atoms with E-state index in [1.807, 2.05) is 57.2 Å². The van der Waals surface area contributed by atoms with E-state index < -0.39 is 5.97 Å². The number of rotatable bonds is 6. The van der Waals surface area contributed by atoms with E-state index in [9.17, 15) is 4.79 Å². The number of hydrogen-bond acceptors (Lipinski definition) is 5. The van der Waals surface area contributed by atoms with Crippen LogP contribution in [0.4, 0.5) is 0 Å². The Hall–Kier alpha value is -2.12. The predicted octanol–water partition coefficient (Wildman–Crippen LogP) is 5.74. The van der Waals surface area contributed by atoms with E-state index in [2.05, 4.69) is 36.9 Å². The van der Waals surface area contributed by atoms with Gasteiger partial charge in [-0.25, -0.2) is 9.79 Å². The molecule has 3 rings (SSSR count). The number of carbonyl (C=O) groups is 1. The number of cyclic esters (lactones) is 1. The van der Waals surface area contributed by atoms with Crippen molar-refractivity contribution in [2.24, 2.45) is 4.99 Å². The first-order chi connectivity index (χ1) is 13.4. The van der Waals surface area contributed by atoms with E-state index in [0.29, 0.717) is 18.1 Å². The van der Waals surface area contributed by atoms with E-state index in [1.54, 1.807) is 6.08 Å². The minimum atomic E-state index is -0.498. The summed E-state index contributed by atoms with van der Waals surface area (Å²) in [6.45, 7) is 6.29. The van der Waals surface area contributed by atoms with Crippen LogP contribution in [-0.4, -0.2) is 24.6 Å². The Morgan fingerprint density at radius 3 is 2.61 bits per heavy atom. The molecule has 0 saturated carbocycles. The highest BCUT2D eigenvalue weighted by atomic mass is 79.9. The molecule has 0 amide bonds. The minimum absolute atomic E-state index is 0.000924. The zero-order valence-electron chi connectivity index (χ0n) is 15.7. The molecule has 28 heavy (non-hydrogen) atoms. The Labute approximate surface area is 180 Å². The van der Waals surface area contributed by atoms with Crippen LogP contribution in [0.25, 0.3) is 6.08 Å². The fraction of sp³-hybridized carbons (Fsp3) is 0.238. The molecule has 0 spiro atoms. The summed E-state index contributed by atoms with van der Waals surface area (Å²) in [7, 11) is 0. The molecule has 0 radical (unpaired) electrons. The smallest absolute Gasteiger partial charge is 0.363 e. The molecule has 1 aliphatic heterocycles. The van der Waals surface area contributed by atoms with Gasteiger partial charge in [0.05, 0.1) is 22.7 Å². The zero-order chi connectivity index (χ0) is 20.3. The molecule has 0 N–H and O–H groups in total. The van der Waals surface area contributed by atoms with Crippen molar-refractivity contribution in [1.29, 1.82) is 0 Å². The number of ether oxygens (including phenoxy) is 3. The second kappa shape index (κ2) is 8.92. The highest BCUT2D eigenvalue weighted by Crippen LogP contribution is 2.38. The Bertz CT molecular complexity index is 967. The van der Waals surface area contributed by atoms with Gasteiger partial charge in [-0.1, -0.05) is 12.1 Å². The van der Waals surface area contributed by atoms with Gasteiger partial charge in [0.1, 0.15) is 0 Å². The summed E-state index contributed by atoms with van der Waals surface area (Å²) in [5.74, 6) is 0.999. The Morgan fingerprint density at radius 1 is 1.18 bits per heavy atom. The van der Waals surface area contributed by atoms with Crippen LogP contribution >= 0.6 is 31.9 Å². The Kier molecular flexibility index (Phi) is 6.57. The molecule has 1 aliphatic rings. The Balaban J connectivity index is 1.98. The van der Waals surface area contributed by atoms with Crippen molar-refractivity contribution in [2.75, 3.05) is 6.61 Å². The molecule has 1 heterocycles. The topological polar surface area (TPSA) is 57.1 Å². The first kappa shape index (κ1) is 20.6. The van der Waals surface area contributed by atoms with Crippen molar-refractivity contribution in [2.45, 2.75) is 26.9 Å². The molecule has 0 atom stereocenters. The number of benzene rings is 2. The molecule has 2 aromatic rings. The van der Waals surface area contributed by atoms with Crippen molar-refractivity contribution < 1.29 is 19.0 Å². The molecule has 5 nitrogen and oxygen atoms in total. The average Bonchev–Trinajstić information content (AvgIpc) is 2.99. The summed E-state index contributed by atoms with van der Waals surface area (Å²) in [6, 6.07) is 11.1. The van der Waals surface area contributed by atoms with Gasteiger partial charge in [-0.05, 0) is 88.5 Å². The summed E-state index contributed by atoms with van der Waals surface area (Å²) in [6.07, 6.45) is 1.67. The molecule has 0 aromatic heterocycles. The molecule has 0 fully saturated rings. The average molecular weight is 509 g/mol. The number of hydrogen-bond donors (Lipinski definition) is 0. The summed E-state index contributed by atoms with van der Waals surface area (Å²) in [5.41, 5.74) is 1.68. The molecule has 146 valence electrons. The van der Waals surface area contributed by atoms with Gasteiger partial charge in [-0.3, -0.25) is 0 Å². The van der Waals surface area contributed by atoms with Crippen LogP contribution in [-0.2, 0) is 9.53 Å². The van der Waals surface area contributed by atoms with E-state index in [-0.39, 0.29) is 17.7 Å². The SMILES string of the molecule is CCOc1cc(/C=C2\N=C(c3ccccc3Br)OC2=O)cc(Br)c1OC(C)C. The number of carbonyl (C=O) groups excluding carboxylic acids is 1. The zero-order valence-corrected chi connectivity index (χ0v) is 18.8. The maximum absolute atomic E-state index is 12.3. The first-order valence-electron chi connectivity index (χ1n) is 8.79. The number of esters is 1. The summed E-state index contributed by atoms with van der Waals surface area (Å²) < 4.78 is 18.4. The number of aliphatic imine (C=N–C) groups is 1. The van der Waals surface area contributed by atoms with Crippen LogP contribution in [0.15, 0.2) is 56.0 Å². The molecule has 7 heteroatoms. The maximum atomic E-state index is 12.3. The quantitative estimate of drug-likeness (QED) is 0.368. The molecule has 0 unspecified atom stereocenters. The van der Waals surface area contributed by atoms with E-state index in [4.69, 9.17) is 14.2 Å². The second-order valence-electron chi connectivity index (χ2n) is 6.25. The molecular weight excluding hydrogens is 490 g/mol. The van der Waals surface area contributed by atoms with Gasteiger partial charge in [0.15, 0.2) is 17.2 Å². The predicted molar refractivity (Wildman–Crippen MR) is 116 cm³/mol. The fourth-order valence-electron chi connectivity index (χ4n) is 2.60. The van der Waals surface area contributed by atoms with Gasteiger partial charge >= 0.3 is 5.97 Å². The fourth-order valence-corrected chi connectivity index (χ4v) is 3.61. The molecule has 0 bridgehead atoms. The highest BCUT2D eigenvalue weighted by molar-refractivity contribution is 9.10. The number of nitrogens with zero attached hydrogens (tertiary/aromatic N) is 1. The third-order valence-corrected chi connectivity index (χ3v) is 4.99. The van der Waals surface area contributed by atoms with Crippen LogP contribution in [0.3, 0.4) is 0 Å². The minimum Gasteiger partial charge on any atom is -0.490 e. The third kappa shape index (κ3) is 4.64. The van der Waals surface area contributed by atoms with Crippen LogP contribution in [0.5, 0.6) is 11.5 Å². The van der Waals surface area contributed by atoms with Gasteiger partial charge < -0.3 is 14.2 Å². The largest absolute Gasteiger partial charge is 0.490 e. The van der Waals surface area contributed by atoms with Crippen molar-refractivity contribution in [3.63, 3.8) is 0 Å². The van der Waals surface area contributed by atoms with Crippen molar-refractivity contribution in [3.8, 4) is 11.5 Å². The lowest BCUT2D eigenvalue weighted by atomic mass is 10.1. The lowest BCUT2D eigenvalue weighted by Gasteiger charge is -2.16. The molecule has 0 saturated heterocycles. The van der Waals surface area contributed by atoms with Gasteiger partial charge in [-0.2, -0.15) is 0 Å². The third-order valence-electron chi connectivity index (χ3n) is 3.71. The van der Waals surface area contributed by atoms with Crippen molar-refractivity contribution >= 4 is 49.8 Å². The highest BCUT2D eigenvalue weighted by Gasteiger charge is 2.25. The standard InChI is InChI=1S/C21H19Br2NO4/c1-4-26-18-11-13(9-16(23)19(18)27-12(2)3)10-17-21(25)28-20(24-17)14-7-5-6-8-15(14)22/h5-12H,4H2,1-3H3/b17-10-. The van der Waals surface area contributed by atoms with E-state index in [0.717, 1.165) is 20.1 Å². The monoisotopic (exact) mass is 507 g/mol. The van der Waals surface area contributed by atoms with Gasteiger partial charge in [0.25, 0.3) is 0 Å². The lowest BCUT2D eigenvalue weighted by molar-refractivity contribution is -0.129. The summed E-state index contributed by atoms with van der Waals surface area (Å²) >= 11 is 6.98. The van der Waals surface area contributed by atoms with Gasteiger partial charge in [0, 0.05) is 4.47 Å². The molecule has 0 aliphatic carbocycles. The van der Waals surface area contributed by atoms with Crippen LogP contribution in [0.1, 0.15) is 31.9 Å². The van der Waals surface area contributed by atoms with Crippen molar-refractivity contribution in [1.82, 2.24) is 0 Å². The summed E-state index contributed by atoms with van der Waals surface area (Å²) in [5, 5.41) is 0. The second-order valence-corrected chi connectivity index (χ2v) is 7.95. The maximum Gasteiger partial charge on any atom is 0.363 e. The molecular formula is C21H19Br2NO4. The molecule has 2 aromatic carbocycles. The summed E-state index contributed by atoms with van der Waals surface area (Å²) in [4.78, 5) is 16.7. The van der Waals surface area contributed by atoms with E-state index in [1.165, 1.54) is 0 Å². The van der Waals surface area contributed by atoms with Crippen LogP contribution in [0.2, 0.25) is 0 Å². The van der Waals surface area contributed by atoms with Gasteiger partial charge in [-0.15, -0.1) is 0 Å². The van der Waals surface area contributed by atoms with Crippen molar-refractivity contribution in [3.05, 3.63) is 62.2 Å². The van der Waals surface area contributed by atoms with Crippen LogP contribution < -0.4 is 9.47 Å². The normalized spacial score (nSPS) is 15.0. The van der Waals surface area contributed by atoms with Gasteiger partial charge in [0.2, 0.25) is 5.90 Å². The first-order valence-corrected chi connectivity index (χ1v) is 10.4. The van der Waals surface area contributed by atoms with Crippen LogP contribution in [0, 0.1) is 0 Å². The number of halogens is 2. The Morgan fingerprint density at radius 2 is 1.93 bits per heavy atom. The van der Waals surface area contributed by atoms with E-state index >= 15 is 0 Å².